The number of thioether (sulfide) groups is 1. The molecule has 8 heteroatoms. The summed E-state index contributed by atoms with van der Waals surface area (Å²) in [5, 5.41) is 20.2. The minimum absolute atomic E-state index is 0.122. The van der Waals surface area contributed by atoms with Crippen molar-refractivity contribution in [2.24, 2.45) is 0 Å². The zero-order valence-electron chi connectivity index (χ0n) is 13.7. The average molecular weight is 361 g/mol. The minimum Gasteiger partial charge on any atom is -0.327 e. The highest BCUT2D eigenvalue weighted by molar-refractivity contribution is 8.01. The van der Waals surface area contributed by atoms with E-state index < -0.39 is 0 Å². The van der Waals surface area contributed by atoms with Gasteiger partial charge in [0.25, 0.3) is 0 Å². The average Bonchev–Trinajstić information content (AvgIpc) is 3.29. The molecule has 2 heterocycles. The molecule has 1 amide bonds. The van der Waals surface area contributed by atoms with Gasteiger partial charge in [-0.3, -0.25) is 4.79 Å². The number of nitriles is 1. The van der Waals surface area contributed by atoms with E-state index in [1.807, 2.05) is 13.8 Å². The third-order valence-corrected chi connectivity index (χ3v) is 6.34. The highest BCUT2D eigenvalue weighted by atomic mass is 32.2. The molecule has 1 N–H and O–H groups in total. The Morgan fingerprint density at radius 2 is 2.25 bits per heavy atom. The number of amides is 1. The lowest BCUT2D eigenvalue weighted by Gasteiger charge is -2.19. The summed E-state index contributed by atoms with van der Waals surface area (Å²) in [6.45, 7) is 3.98. The van der Waals surface area contributed by atoms with Crippen molar-refractivity contribution in [2.75, 3.05) is 11.1 Å². The normalized spacial score (nSPS) is 14.7. The van der Waals surface area contributed by atoms with Gasteiger partial charge in [0, 0.05) is 11.7 Å². The van der Waals surface area contributed by atoms with Gasteiger partial charge in [-0.25, -0.2) is 0 Å². The van der Waals surface area contributed by atoms with E-state index in [0.717, 1.165) is 28.4 Å². The molecule has 2 aromatic rings. The third-order valence-electron chi connectivity index (χ3n) is 4.48. The van der Waals surface area contributed by atoms with Gasteiger partial charge in [0.15, 0.2) is 4.34 Å². The quantitative estimate of drug-likeness (QED) is 0.822. The smallest absolute Gasteiger partial charge is 0.235 e. The van der Waals surface area contributed by atoms with Crippen molar-refractivity contribution < 1.29 is 4.79 Å². The minimum atomic E-state index is -0.122. The molecule has 0 aliphatic heterocycles. The summed E-state index contributed by atoms with van der Waals surface area (Å²) < 4.78 is 2.93. The Balaban J connectivity index is 1.81. The molecule has 0 saturated heterocycles. The molecule has 0 atom stereocenters. The molecule has 1 aliphatic carbocycles. The maximum absolute atomic E-state index is 12.4. The molecule has 24 heavy (non-hydrogen) atoms. The monoisotopic (exact) mass is 361 g/mol. The van der Waals surface area contributed by atoms with E-state index in [1.165, 1.54) is 35.9 Å². The number of anilines is 1. The van der Waals surface area contributed by atoms with Crippen LogP contribution >= 0.6 is 23.1 Å². The van der Waals surface area contributed by atoms with Crippen LogP contribution < -0.4 is 5.32 Å². The first kappa shape index (κ1) is 17.0. The van der Waals surface area contributed by atoms with E-state index in [9.17, 15) is 10.1 Å². The van der Waals surface area contributed by atoms with Crippen LogP contribution in [0.1, 0.15) is 48.5 Å². The highest BCUT2D eigenvalue weighted by Crippen LogP contribution is 2.37. The van der Waals surface area contributed by atoms with Crippen LogP contribution in [0.15, 0.2) is 9.85 Å². The predicted octanol–water partition coefficient (Wildman–Crippen LogP) is 3.67. The first-order chi connectivity index (χ1) is 11.6. The molecule has 1 saturated carbocycles. The van der Waals surface area contributed by atoms with Crippen molar-refractivity contribution in [2.45, 2.75) is 49.9 Å². The van der Waals surface area contributed by atoms with Crippen molar-refractivity contribution in [1.29, 1.82) is 5.26 Å². The van der Waals surface area contributed by atoms with E-state index in [0.29, 0.717) is 17.4 Å². The van der Waals surface area contributed by atoms with Crippen LogP contribution in [0.2, 0.25) is 0 Å². The summed E-state index contributed by atoms with van der Waals surface area (Å²) in [6.07, 6.45) is 4.59. The zero-order chi connectivity index (χ0) is 17.1. The SMILES string of the molecule is Cc1c(C#N)c(NC(=O)CSc2nncs2)n(C2CCCC2)c1C. The van der Waals surface area contributed by atoms with Crippen molar-refractivity contribution >= 4 is 34.8 Å². The lowest BCUT2D eigenvalue weighted by atomic mass is 10.2. The number of nitrogens with one attached hydrogen (secondary N) is 1. The van der Waals surface area contributed by atoms with Crippen LogP contribution in [0, 0.1) is 25.2 Å². The topological polar surface area (TPSA) is 83.6 Å². The maximum atomic E-state index is 12.4. The Morgan fingerprint density at radius 3 is 2.88 bits per heavy atom. The number of hydrogen-bond acceptors (Lipinski definition) is 6. The van der Waals surface area contributed by atoms with Crippen molar-refractivity contribution in [3.8, 4) is 6.07 Å². The second-order valence-corrected chi connectivity index (χ2v) is 7.95. The largest absolute Gasteiger partial charge is 0.327 e. The predicted molar refractivity (Wildman–Crippen MR) is 95.4 cm³/mol. The molecule has 6 nitrogen and oxygen atoms in total. The second kappa shape index (κ2) is 7.36. The number of carbonyl (C=O) groups excluding carboxylic acids is 1. The summed E-state index contributed by atoms with van der Waals surface area (Å²) >= 11 is 2.77. The van der Waals surface area contributed by atoms with E-state index in [-0.39, 0.29) is 11.7 Å². The molecule has 0 spiro atoms. The molecule has 0 unspecified atom stereocenters. The summed E-state index contributed by atoms with van der Waals surface area (Å²) in [5.41, 5.74) is 4.25. The van der Waals surface area contributed by atoms with E-state index in [1.54, 1.807) is 5.51 Å². The molecular weight excluding hydrogens is 342 g/mol. The lowest BCUT2D eigenvalue weighted by molar-refractivity contribution is -0.113. The van der Waals surface area contributed by atoms with Gasteiger partial charge >= 0.3 is 0 Å². The molecule has 0 aromatic carbocycles. The third kappa shape index (κ3) is 3.32. The van der Waals surface area contributed by atoms with Gasteiger partial charge in [-0.15, -0.1) is 10.2 Å². The summed E-state index contributed by atoms with van der Waals surface area (Å²) in [5.74, 6) is 0.791. The van der Waals surface area contributed by atoms with Crippen molar-refractivity contribution in [1.82, 2.24) is 14.8 Å². The second-order valence-electron chi connectivity index (χ2n) is 5.90. The maximum Gasteiger partial charge on any atom is 0.235 e. The lowest BCUT2D eigenvalue weighted by Crippen LogP contribution is -2.19. The van der Waals surface area contributed by atoms with Crippen LogP contribution in [-0.2, 0) is 4.79 Å². The molecule has 2 aromatic heterocycles. The molecule has 126 valence electrons. The first-order valence-electron chi connectivity index (χ1n) is 7.92. The standard InChI is InChI=1S/C16H19N5OS2/c1-10-11(2)21(12-5-3-4-6-12)15(13(10)7-17)19-14(22)8-23-16-20-18-9-24-16/h9,12H,3-6,8H2,1-2H3,(H,19,22). The fourth-order valence-corrected chi connectivity index (χ4v) is 4.52. The van der Waals surface area contributed by atoms with Crippen molar-refractivity contribution in [3.05, 3.63) is 22.3 Å². The highest BCUT2D eigenvalue weighted by Gasteiger charge is 2.26. The zero-order valence-corrected chi connectivity index (χ0v) is 15.3. The van der Waals surface area contributed by atoms with Crippen LogP contribution in [0.4, 0.5) is 5.82 Å². The number of nitrogens with zero attached hydrogens (tertiary/aromatic N) is 4. The first-order valence-corrected chi connectivity index (χ1v) is 9.78. The number of carbonyl (C=O) groups is 1. The number of rotatable bonds is 5. The molecule has 1 aliphatic rings. The van der Waals surface area contributed by atoms with Crippen LogP contribution in [0.25, 0.3) is 0 Å². The van der Waals surface area contributed by atoms with Gasteiger partial charge < -0.3 is 9.88 Å². The van der Waals surface area contributed by atoms with Crippen LogP contribution in [-0.4, -0.2) is 26.4 Å². The number of hydrogen-bond donors (Lipinski definition) is 1. The van der Waals surface area contributed by atoms with Gasteiger partial charge in [0.1, 0.15) is 17.4 Å². The van der Waals surface area contributed by atoms with Crippen LogP contribution in [0.5, 0.6) is 0 Å². The van der Waals surface area contributed by atoms with Gasteiger partial charge in [-0.1, -0.05) is 35.9 Å². The summed E-state index contributed by atoms with van der Waals surface area (Å²) in [6, 6.07) is 2.63. The Hall–Kier alpha value is -1.85. The fraction of sp³-hybridized carbons (Fsp3) is 0.500. The molecule has 1 fully saturated rings. The van der Waals surface area contributed by atoms with E-state index in [4.69, 9.17) is 0 Å². The Morgan fingerprint density at radius 1 is 1.50 bits per heavy atom. The van der Waals surface area contributed by atoms with Crippen LogP contribution in [0.3, 0.4) is 0 Å². The van der Waals surface area contributed by atoms with Gasteiger partial charge in [0.05, 0.1) is 11.3 Å². The molecular formula is C16H19N5OS2. The van der Waals surface area contributed by atoms with Gasteiger partial charge in [-0.05, 0) is 32.3 Å². The van der Waals surface area contributed by atoms with E-state index in [2.05, 4.69) is 26.2 Å². The Labute approximate surface area is 149 Å². The van der Waals surface area contributed by atoms with Crippen molar-refractivity contribution in [3.63, 3.8) is 0 Å². The Kier molecular flexibility index (Phi) is 5.21. The van der Waals surface area contributed by atoms with Gasteiger partial charge in [-0.2, -0.15) is 5.26 Å². The summed E-state index contributed by atoms with van der Waals surface area (Å²) in [4.78, 5) is 12.4. The van der Waals surface area contributed by atoms with E-state index >= 15 is 0 Å². The number of aromatic nitrogens is 3. The molecule has 3 rings (SSSR count). The molecule has 0 bridgehead atoms. The Bertz CT molecular complexity index is 769. The summed E-state index contributed by atoms with van der Waals surface area (Å²) in [7, 11) is 0. The van der Waals surface area contributed by atoms with Gasteiger partial charge in [0.2, 0.25) is 5.91 Å². The molecule has 0 radical (unpaired) electrons. The fourth-order valence-electron chi connectivity index (χ4n) is 3.23.